The molecule has 7 nitrogen and oxygen atoms in total. The minimum Gasteiger partial charge on any atom is -0.396 e. The lowest BCUT2D eigenvalue weighted by atomic mass is 10.1. The molecule has 1 rings (SSSR count). The van der Waals surface area contributed by atoms with Gasteiger partial charge < -0.3 is 5.11 Å². The summed E-state index contributed by atoms with van der Waals surface area (Å²) in [5, 5.41) is 19.7. The highest BCUT2D eigenvalue weighted by molar-refractivity contribution is 7.89. The zero-order chi connectivity index (χ0) is 16.0. The van der Waals surface area contributed by atoms with Crippen molar-refractivity contribution in [2.24, 2.45) is 0 Å². The van der Waals surface area contributed by atoms with E-state index in [0.717, 1.165) is 0 Å². The number of aryl methyl sites for hydroxylation is 2. The second-order valence-electron chi connectivity index (χ2n) is 4.84. The van der Waals surface area contributed by atoms with E-state index in [2.05, 4.69) is 4.72 Å². The maximum absolute atomic E-state index is 12.2. The van der Waals surface area contributed by atoms with Crippen LogP contribution < -0.4 is 4.72 Å². The van der Waals surface area contributed by atoms with Gasteiger partial charge in [0.1, 0.15) is 0 Å². The monoisotopic (exact) mass is 316 g/mol. The molecule has 0 radical (unpaired) electrons. The van der Waals surface area contributed by atoms with Crippen LogP contribution in [0, 0.1) is 24.0 Å². The zero-order valence-electron chi connectivity index (χ0n) is 12.1. The van der Waals surface area contributed by atoms with Crippen LogP contribution in [0.3, 0.4) is 0 Å². The molecule has 0 amide bonds. The summed E-state index contributed by atoms with van der Waals surface area (Å²) in [6.45, 7) is 3.65. The molecule has 0 aliphatic heterocycles. The van der Waals surface area contributed by atoms with Crippen LogP contribution in [0.1, 0.15) is 30.4 Å². The van der Waals surface area contributed by atoms with E-state index in [1.165, 1.54) is 12.1 Å². The average molecular weight is 316 g/mol. The maximum atomic E-state index is 12.2. The van der Waals surface area contributed by atoms with Crippen molar-refractivity contribution in [3.8, 4) is 0 Å². The highest BCUT2D eigenvalue weighted by Gasteiger charge is 2.26. The fourth-order valence-electron chi connectivity index (χ4n) is 1.83. The SMILES string of the molecule is Cc1cc([N+](=O)[O-])c(S(=O)(=O)NCCCCCO)cc1C. The van der Waals surface area contributed by atoms with Gasteiger partial charge in [-0.1, -0.05) is 0 Å². The Bertz CT molecular complexity index is 613. The molecule has 0 heterocycles. The molecule has 2 N–H and O–H groups in total. The molecule has 0 aromatic heterocycles. The van der Waals surface area contributed by atoms with Crippen LogP contribution >= 0.6 is 0 Å². The Morgan fingerprint density at radius 2 is 1.81 bits per heavy atom. The molecule has 0 fully saturated rings. The van der Waals surface area contributed by atoms with E-state index >= 15 is 0 Å². The van der Waals surface area contributed by atoms with Crippen molar-refractivity contribution in [2.75, 3.05) is 13.2 Å². The number of aliphatic hydroxyl groups is 1. The third kappa shape index (κ3) is 4.76. The zero-order valence-corrected chi connectivity index (χ0v) is 12.9. The predicted molar refractivity (Wildman–Crippen MR) is 78.7 cm³/mol. The van der Waals surface area contributed by atoms with Crippen LogP contribution in [0.5, 0.6) is 0 Å². The van der Waals surface area contributed by atoms with Gasteiger partial charge in [0.15, 0.2) is 4.90 Å². The van der Waals surface area contributed by atoms with Gasteiger partial charge in [-0.05, 0) is 50.3 Å². The summed E-state index contributed by atoms with van der Waals surface area (Å²) in [4.78, 5) is 10.0. The number of nitrogens with one attached hydrogen (secondary N) is 1. The molecule has 0 aliphatic rings. The quantitative estimate of drug-likeness (QED) is 0.430. The standard InChI is InChI=1S/C13H20N2O5S/c1-10-8-12(15(17)18)13(9-11(10)2)21(19,20)14-6-4-3-5-7-16/h8-9,14,16H,3-7H2,1-2H3. The van der Waals surface area contributed by atoms with Gasteiger partial charge in [-0.15, -0.1) is 0 Å². The largest absolute Gasteiger partial charge is 0.396 e. The molecular formula is C13H20N2O5S. The maximum Gasteiger partial charge on any atom is 0.289 e. The lowest BCUT2D eigenvalue weighted by Gasteiger charge is -2.09. The first-order chi connectivity index (χ1) is 9.79. The number of hydrogen-bond donors (Lipinski definition) is 2. The normalized spacial score (nSPS) is 11.6. The number of nitrogens with zero attached hydrogens (tertiary/aromatic N) is 1. The third-order valence-electron chi connectivity index (χ3n) is 3.19. The molecule has 0 aliphatic carbocycles. The van der Waals surface area contributed by atoms with Crippen molar-refractivity contribution < 1.29 is 18.4 Å². The van der Waals surface area contributed by atoms with E-state index in [4.69, 9.17) is 5.11 Å². The first-order valence-corrected chi connectivity index (χ1v) is 8.14. The lowest BCUT2D eigenvalue weighted by molar-refractivity contribution is -0.387. The summed E-state index contributed by atoms with van der Waals surface area (Å²) in [7, 11) is -3.92. The summed E-state index contributed by atoms with van der Waals surface area (Å²) in [6, 6.07) is 2.60. The van der Waals surface area contributed by atoms with Gasteiger partial charge >= 0.3 is 0 Å². The first kappa shape index (κ1) is 17.5. The smallest absolute Gasteiger partial charge is 0.289 e. The van der Waals surface area contributed by atoms with E-state index in [9.17, 15) is 18.5 Å². The molecule has 0 saturated heterocycles. The first-order valence-electron chi connectivity index (χ1n) is 6.65. The number of aliphatic hydroxyl groups excluding tert-OH is 1. The number of benzene rings is 1. The van der Waals surface area contributed by atoms with E-state index < -0.39 is 20.6 Å². The van der Waals surface area contributed by atoms with E-state index in [1.807, 2.05) is 0 Å². The highest BCUT2D eigenvalue weighted by Crippen LogP contribution is 2.27. The number of nitro groups is 1. The summed E-state index contributed by atoms with van der Waals surface area (Å²) < 4.78 is 26.7. The molecule has 1 aromatic carbocycles. The number of rotatable bonds is 8. The molecule has 8 heteroatoms. The van der Waals surface area contributed by atoms with E-state index in [-0.39, 0.29) is 18.0 Å². The van der Waals surface area contributed by atoms with Crippen LogP contribution in [0.25, 0.3) is 0 Å². The van der Waals surface area contributed by atoms with Crippen LogP contribution in [-0.4, -0.2) is 31.6 Å². The second kappa shape index (κ2) is 7.48. The Morgan fingerprint density at radius 3 is 2.38 bits per heavy atom. The fraction of sp³-hybridized carbons (Fsp3) is 0.538. The summed E-state index contributed by atoms with van der Waals surface area (Å²) >= 11 is 0. The van der Waals surface area contributed by atoms with E-state index in [0.29, 0.717) is 30.4 Å². The summed E-state index contributed by atoms with van der Waals surface area (Å²) in [5.74, 6) is 0. The Kier molecular flexibility index (Phi) is 6.25. The lowest BCUT2D eigenvalue weighted by Crippen LogP contribution is -2.25. The molecule has 118 valence electrons. The van der Waals surface area contributed by atoms with Crippen molar-refractivity contribution >= 4 is 15.7 Å². The number of unbranched alkanes of at least 4 members (excludes halogenated alkanes) is 2. The summed E-state index contributed by atoms with van der Waals surface area (Å²) in [5.41, 5.74) is 0.936. The van der Waals surface area contributed by atoms with Crippen molar-refractivity contribution in [1.82, 2.24) is 4.72 Å². The van der Waals surface area contributed by atoms with Crippen molar-refractivity contribution in [1.29, 1.82) is 0 Å². The van der Waals surface area contributed by atoms with Crippen LogP contribution in [0.15, 0.2) is 17.0 Å². The van der Waals surface area contributed by atoms with Gasteiger partial charge in [-0.2, -0.15) is 0 Å². The van der Waals surface area contributed by atoms with Gasteiger partial charge in [0.2, 0.25) is 10.0 Å². The minimum absolute atomic E-state index is 0.0649. The van der Waals surface area contributed by atoms with Crippen LogP contribution in [0.4, 0.5) is 5.69 Å². The van der Waals surface area contributed by atoms with Gasteiger partial charge in [0, 0.05) is 19.2 Å². The number of sulfonamides is 1. The van der Waals surface area contributed by atoms with Gasteiger partial charge in [0.25, 0.3) is 5.69 Å². The Balaban J connectivity index is 2.97. The molecular weight excluding hydrogens is 296 g/mol. The van der Waals surface area contributed by atoms with Crippen molar-refractivity contribution in [2.45, 2.75) is 38.0 Å². The second-order valence-corrected chi connectivity index (χ2v) is 6.58. The Labute approximate surface area is 124 Å². The topological polar surface area (TPSA) is 110 Å². The van der Waals surface area contributed by atoms with Gasteiger partial charge in [-0.25, -0.2) is 13.1 Å². The minimum atomic E-state index is -3.92. The van der Waals surface area contributed by atoms with E-state index in [1.54, 1.807) is 13.8 Å². The molecule has 0 bridgehead atoms. The van der Waals surface area contributed by atoms with Gasteiger partial charge in [-0.3, -0.25) is 10.1 Å². The predicted octanol–water partition coefficient (Wildman–Crippen LogP) is 1.65. The van der Waals surface area contributed by atoms with Crippen molar-refractivity contribution in [3.05, 3.63) is 33.4 Å². The molecule has 0 spiro atoms. The molecule has 1 aromatic rings. The number of hydrogen-bond acceptors (Lipinski definition) is 5. The highest BCUT2D eigenvalue weighted by atomic mass is 32.2. The van der Waals surface area contributed by atoms with Crippen LogP contribution in [0.2, 0.25) is 0 Å². The fourth-order valence-corrected chi connectivity index (χ4v) is 3.14. The summed E-state index contributed by atoms with van der Waals surface area (Å²) in [6.07, 6.45) is 1.86. The molecule has 0 saturated carbocycles. The van der Waals surface area contributed by atoms with Crippen molar-refractivity contribution in [3.63, 3.8) is 0 Å². The molecule has 0 unspecified atom stereocenters. The Morgan fingerprint density at radius 1 is 1.19 bits per heavy atom. The number of nitro benzene ring substituents is 1. The van der Waals surface area contributed by atoms with Gasteiger partial charge in [0.05, 0.1) is 4.92 Å². The molecule has 0 atom stereocenters. The van der Waals surface area contributed by atoms with Crippen LogP contribution in [-0.2, 0) is 10.0 Å². The molecule has 21 heavy (non-hydrogen) atoms. The Hall–Kier alpha value is -1.51. The average Bonchev–Trinajstić information content (AvgIpc) is 2.40. The third-order valence-corrected chi connectivity index (χ3v) is 4.68.